The van der Waals surface area contributed by atoms with E-state index in [2.05, 4.69) is 10.7 Å². The van der Waals surface area contributed by atoms with Gasteiger partial charge < -0.3 is 9.73 Å². The third kappa shape index (κ3) is 3.74. The van der Waals surface area contributed by atoms with Gasteiger partial charge in [-0.05, 0) is 48.5 Å². The summed E-state index contributed by atoms with van der Waals surface area (Å²) in [5, 5.41) is 3.31. The molecule has 2 heterocycles. The fourth-order valence-corrected chi connectivity index (χ4v) is 2.92. The van der Waals surface area contributed by atoms with E-state index >= 15 is 0 Å². The van der Waals surface area contributed by atoms with E-state index in [0.717, 1.165) is 0 Å². The second kappa shape index (κ2) is 7.88. The number of nitrogens with zero attached hydrogens (tertiary/aromatic N) is 1. The lowest BCUT2D eigenvalue weighted by atomic mass is 10.1. The molecule has 0 fully saturated rings. The molecule has 2 aromatic carbocycles. The van der Waals surface area contributed by atoms with Crippen molar-refractivity contribution >= 4 is 35.4 Å². The van der Waals surface area contributed by atoms with Gasteiger partial charge in [0.15, 0.2) is 0 Å². The van der Waals surface area contributed by atoms with Crippen molar-refractivity contribution in [3.63, 3.8) is 0 Å². The second-order valence-electron chi connectivity index (χ2n) is 6.35. The summed E-state index contributed by atoms with van der Waals surface area (Å²) in [6.07, 6.45) is 4.30. The third-order valence-electron chi connectivity index (χ3n) is 4.34. The number of amides is 4. The van der Waals surface area contributed by atoms with Gasteiger partial charge in [0.25, 0.3) is 17.7 Å². The molecule has 1 aliphatic heterocycles. The Balaban J connectivity index is 1.44. The second-order valence-corrected chi connectivity index (χ2v) is 6.35. The van der Waals surface area contributed by atoms with Crippen molar-refractivity contribution in [3.8, 4) is 0 Å². The average molecular weight is 401 g/mol. The summed E-state index contributed by atoms with van der Waals surface area (Å²) >= 11 is 0. The standard InChI is InChI=1S/C22H15N3O5/c26-19(11-10-16-7-4-12-30-16)23-15-6-3-5-14(13-15)20(27)24-25-21(28)17-8-1-2-9-18(17)22(25)29/h1-13H,(H,23,26)(H,24,27)/b11-10+. The van der Waals surface area contributed by atoms with Crippen LogP contribution in [-0.2, 0) is 4.79 Å². The number of hydrazine groups is 1. The molecule has 1 aromatic heterocycles. The van der Waals surface area contributed by atoms with Crippen LogP contribution in [0.5, 0.6) is 0 Å². The van der Waals surface area contributed by atoms with Crippen molar-refractivity contribution in [1.82, 2.24) is 10.4 Å². The fraction of sp³-hybridized carbons (Fsp3) is 0. The van der Waals surface area contributed by atoms with Crippen molar-refractivity contribution in [2.45, 2.75) is 0 Å². The van der Waals surface area contributed by atoms with Crippen LogP contribution in [0.4, 0.5) is 5.69 Å². The van der Waals surface area contributed by atoms with Crippen LogP contribution in [0.2, 0.25) is 0 Å². The van der Waals surface area contributed by atoms with Crippen molar-refractivity contribution < 1.29 is 23.6 Å². The molecule has 4 amide bonds. The zero-order chi connectivity index (χ0) is 21.1. The maximum absolute atomic E-state index is 12.6. The highest BCUT2D eigenvalue weighted by Crippen LogP contribution is 2.21. The van der Waals surface area contributed by atoms with Gasteiger partial charge in [0.2, 0.25) is 5.91 Å². The molecule has 1 aliphatic rings. The molecule has 148 valence electrons. The lowest BCUT2D eigenvalue weighted by Gasteiger charge is -2.15. The first kappa shape index (κ1) is 18.9. The highest BCUT2D eigenvalue weighted by molar-refractivity contribution is 6.22. The summed E-state index contributed by atoms with van der Waals surface area (Å²) < 4.78 is 5.11. The van der Waals surface area contributed by atoms with Crippen molar-refractivity contribution in [3.05, 3.63) is 95.5 Å². The number of imide groups is 1. The fourth-order valence-electron chi connectivity index (χ4n) is 2.92. The Labute approximate surface area is 170 Å². The van der Waals surface area contributed by atoms with Crippen LogP contribution in [0, 0.1) is 0 Å². The molecule has 8 heteroatoms. The number of anilines is 1. The summed E-state index contributed by atoms with van der Waals surface area (Å²) in [7, 11) is 0. The lowest BCUT2D eigenvalue weighted by Crippen LogP contribution is -2.45. The van der Waals surface area contributed by atoms with E-state index in [4.69, 9.17) is 4.42 Å². The molecule has 0 saturated heterocycles. The number of nitrogens with one attached hydrogen (secondary N) is 2. The SMILES string of the molecule is O=C(/C=C/c1ccco1)Nc1cccc(C(=O)NN2C(=O)c3ccccc3C2=O)c1. The highest BCUT2D eigenvalue weighted by Gasteiger charge is 2.36. The first-order valence-electron chi connectivity index (χ1n) is 8.94. The lowest BCUT2D eigenvalue weighted by molar-refractivity contribution is -0.111. The Morgan fingerprint density at radius 3 is 2.30 bits per heavy atom. The number of rotatable bonds is 5. The molecule has 3 aromatic rings. The first-order valence-corrected chi connectivity index (χ1v) is 8.94. The van der Waals surface area contributed by atoms with Crippen molar-refractivity contribution in [2.24, 2.45) is 0 Å². The zero-order valence-electron chi connectivity index (χ0n) is 15.5. The first-order chi connectivity index (χ1) is 14.5. The average Bonchev–Trinajstić information content (AvgIpc) is 3.36. The Kier molecular flexibility index (Phi) is 4.96. The maximum atomic E-state index is 12.6. The van der Waals surface area contributed by atoms with Gasteiger partial charge in [-0.3, -0.25) is 24.6 Å². The van der Waals surface area contributed by atoms with Gasteiger partial charge in [-0.2, -0.15) is 5.01 Å². The summed E-state index contributed by atoms with van der Waals surface area (Å²) in [4.78, 5) is 49.4. The Morgan fingerprint density at radius 2 is 1.63 bits per heavy atom. The molecule has 0 atom stereocenters. The third-order valence-corrected chi connectivity index (χ3v) is 4.34. The molecule has 30 heavy (non-hydrogen) atoms. The Hall–Kier alpha value is -4.46. The van der Waals surface area contributed by atoms with Crippen molar-refractivity contribution in [1.29, 1.82) is 0 Å². The van der Waals surface area contributed by atoms with Crippen molar-refractivity contribution in [2.75, 3.05) is 5.32 Å². The van der Waals surface area contributed by atoms with Crippen LogP contribution in [0.1, 0.15) is 36.8 Å². The molecule has 2 N–H and O–H groups in total. The molecular weight excluding hydrogens is 386 g/mol. The monoisotopic (exact) mass is 401 g/mol. The quantitative estimate of drug-likeness (QED) is 0.505. The largest absolute Gasteiger partial charge is 0.465 e. The van der Waals surface area contributed by atoms with Crippen LogP contribution in [-0.4, -0.2) is 28.6 Å². The number of carbonyl (C=O) groups is 4. The van der Waals surface area contributed by atoms with Gasteiger partial charge >= 0.3 is 0 Å². The summed E-state index contributed by atoms with van der Waals surface area (Å²) in [6.45, 7) is 0. The van der Waals surface area contributed by atoms with Gasteiger partial charge in [0.05, 0.1) is 17.4 Å². The van der Waals surface area contributed by atoms with Crippen LogP contribution in [0.3, 0.4) is 0 Å². The molecular formula is C22H15N3O5. The van der Waals surface area contributed by atoms with Crippen LogP contribution >= 0.6 is 0 Å². The molecule has 4 rings (SSSR count). The van der Waals surface area contributed by atoms with Gasteiger partial charge in [-0.1, -0.05) is 18.2 Å². The Morgan fingerprint density at radius 1 is 0.900 bits per heavy atom. The van der Waals surface area contributed by atoms with E-state index in [-0.39, 0.29) is 16.7 Å². The minimum Gasteiger partial charge on any atom is -0.465 e. The van der Waals surface area contributed by atoms with Crippen LogP contribution < -0.4 is 10.7 Å². The predicted octanol–water partition coefficient (Wildman–Crippen LogP) is 2.87. The maximum Gasteiger partial charge on any atom is 0.280 e. The van der Waals surface area contributed by atoms with E-state index in [1.165, 1.54) is 42.7 Å². The topological polar surface area (TPSA) is 109 Å². The minimum absolute atomic E-state index is 0.166. The van der Waals surface area contributed by atoms with Gasteiger partial charge in [0.1, 0.15) is 5.76 Å². The van der Waals surface area contributed by atoms with E-state index in [9.17, 15) is 19.2 Å². The van der Waals surface area contributed by atoms with Crippen LogP contribution in [0.25, 0.3) is 6.08 Å². The zero-order valence-corrected chi connectivity index (χ0v) is 15.5. The molecule has 0 unspecified atom stereocenters. The van der Waals surface area contributed by atoms with E-state index in [1.54, 1.807) is 36.4 Å². The number of furan rings is 1. The molecule has 0 spiro atoms. The smallest absolute Gasteiger partial charge is 0.280 e. The van der Waals surface area contributed by atoms with E-state index in [1.807, 2.05) is 0 Å². The van der Waals surface area contributed by atoms with E-state index in [0.29, 0.717) is 16.5 Å². The Bertz CT molecular complexity index is 1150. The van der Waals surface area contributed by atoms with Crippen LogP contribution in [0.15, 0.2) is 77.4 Å². The van der Waals surface area contributed by atoms with Gasteiger partial charge in [-0.25, -0.2) is 0 Å². The molecule has 0 saturated carbocycles. The number of hydrogen-bond donors (Lipinski definition) is 2. The molecule has 0 aliphatic carbocycles. The highest BCUT2D eigenvalue weighted by atomic mass is 16.3. The summed E-state index contributed by atoms with van der Waals surface area (Å²) in [5.41, 5.74) is 3.32. The summed E-state index contributed by atoms with van der Waals surface area (Å²) in [6, 6.07) is 15.8. The van der Waals surface area contributed by atoms with E-state index < -0.39 is 23.6 Å². The van der Waals surface area contributed by atoms with Gasteiger partial charge in [0, 0.05) is 17.3 Å². The number of fused-ring (bicyclic) bond motifs is 1. The number of carbonyl (C=O) groups excluding carboxylic acids is 4. The number of hydrogen-bond acceptors (Lipinski definition) is 5. The molecule has 0 radical (unpaired) electrons. The summed E-state index contributed by atoms with van der Waals surface area (Å²) in [5.74, 6) is -1.75. The minimum atomic E-state index is -0.660. The molecule has 0 bridgehead atoms. The van der Waals surface area contributed by atoms with Gasteiger partial charge in [-0.15, -0.1) is 0 Å². The molecule has 8 nitrogen and oxygen atoms in total. The predicted molar refractivity (Wildman–Crippen MR) is 107 cm³/mol. The number of benzene rings is 2. The normalized spacial score (nSPS) is 12.9.